The Hall–Kier alpha value is -2.18. The number of hydrogen-bond donors (Lipinski definition) is 1. The van der Waals surface area contributed by atoms with E-state index in [4.69, 9.17) is 0 Å². The van der Waals surface area contributed by atoms with Crippen LogP contribution in [0.5, 0.6) is 0 Å². The van der Waals surface area contributed by atoms with Gasteiger partial charge in [-0.25, -0.2) is 12.7 Å². The minimum absolute atomic E-state index is 0.0105. The van der Waals surface area contributed by atoms with E-state index < -0.39 is 10.0 Å². The molecule has 0 aromatic heterocycles. The molecule has 1 heterocycles. The molecule has 1 aliphatic heterocycles. The van der Waals surface area contributed by atoms with Gasteiger partial charge < -0.3 is 5.32 Å². The number of nitrogens with zero attached hydrogens (tertiary/aromatic N) is 1. The molecule has 0 spiro atoms. The van der Waals surface area contributed by atoms with Crippen LogP contribution in [0.3, 0.4) is 0 Å². The van der Waals surface area contributed by atoms with Crippen molar-refractivity contribution in [3.05, 3.63) is 59.7 Å². The fourth-order valence-electron chi connectivity index (χ4n) is 3.55. The van der Waals surface area contributed by atoms with Crippen LogP contribution in [-0.2, 0) is 21.4 Å². The average Bonchev–Trinajstić information content (AvgIpc) is 2.72. The van der Waals surface area contributed by atoms with Crippen molar-refractivity contribution >= 4 is 15.9 Å². The van der Waals surface area contributed by atoms with Crippen LogP contribution in [0, 0.1) is 12.8 Å². The smallest absolute Gasteiger partial charge is 0.223 e. The van der Waals surface area contributed by atoms with E-state index in [1.54, 1.807) is 6.92 Å². The first-order valence-electron chi connectivity index (χ1n) is 9.80. The molecule has 0 atom stereocenters. The zero-order valence-electron chi connectivity index (χ0n) is 16.5. The molecule has 0 radical (unpaired) electrons. The molecule has 0 saturated carbocycles. The average molecular weight is 401 g/mol. The molecular formula is C22H28N2O3S. The summed E-state index contributed by atoms with van der Waals surface area (Å²) in [7, 11) is -3.15. The molecule has 150 valence electrons. The lowest BCUT2D eigenvalue weighted by molar-refractivity contribution is -0.126. The predicted octanol–water partition coefficient (Wildman–Crippen LogP) is 3.34. The molecule has 6 heteroatoms. The molecule has 1 N–H and O–H groups in total. The van der Waals surface area contributed by atoms with Gasteiger partial charge in [0.05, 0.1) is 5.75 Å². The molecule has 3 rings (SSSR count). The molecule has 0 bridgehead atoms. The van der Waals surface area contributed by atoms with E-state index in [0.29, 0.717) is 32.5 Å². The van der Waals surface area contributed by atoms with Gasteiger partial charge in [0.25, 0.3) is 0 Å². The number of carbonyl (C=O) groups excluding carboxylic acids is 1. The molecule has 0 unspecified atom stereocenters. The van der Waals surface area contributed by atoms with Crippen molar-refractivity contribution in [2.24, 2.45) is 5.92 Å². The van der Waals surface area contributed by atoms with E-state index in [1.165, 1.54) is 15.4 Å². The molecule has 28 heavy (non-hydrogen) atoms. The van der Waals surface area contributed by atoms with Gasteiger partial charge in [-0.3, -0.25) is 4.79 Å². The van der Waals surface area contributed by atoms with Crippen LogP contribution in [-0.4, -0.2) is 37.5 Å². The fraction of sp³-hybridized carbons (Fsp3) is 0.409. The third kappa shape index (κ3) is 5.00. The highest BCUT2D eigenvalue weighted by atomic mass is 32.2. The maximum atomic E-state index is 12.4. The Labute approximate surface area is 167 Å². The SMILES string of the molecule is CCS(=O)(=O)N1CCC(C(=O)NCc2ccc(-c3cccc(C)c3)cc2)CC1. The minimum atomic E-state index is -3.15. The third-order valence-corrected chi connectivity index (χ3v) is 7.24. The van der Waals surface area contributed by atoms with Crippen LogP contribution in [0.2, 0.25) is 0 Å². The highest BCUT2D eigenvalue weighted by molar-refractivity contribution is 7.89. The highest BCUT2D eigenvalue weighted by Gasteiger charge is 2.29. The monoisotopic (exact) mass is 400 g/mol. The standard InChI is InChI=1S/C22H28N2O3S/c1-3-28(26,27)24-13-11-20(12-14-24)22(25)23-16-18-7-9-19(10-8-18)21-6-4-5-17(2)15-21/h4-10,15,20H,3,11-14,16H2,1-2H3,(H,23,25). The summed E-state index contributed by atoms with van der Waals surface area (Å²) in [4.78, 5) is 12.4. The maximum Gasteiger partial charge on any atom is 0.223 e. The van der Waals surface area contributed by atoms with Crippen molar-refractivity contribution in [3.8, 4) is 11.1 Å². The summed E-state index contributed by atoms with van der Waals surface area (Å²) in [6, 6.07) is 16.6. The Kier molecular flexibility index (Phi) is 6.52. The summed E-state index contributed by atoms with van der Waals surface area (Å²) in [6.07, 6.45) is 1.16. The van der Waals surface area contributed by atoms with Gasteiger partial charge >= 0.3 is 0 Å². The number of piperidine rings is 1. The molecule has 2 aromatic rings. The minimum Gasteiger partial charge on any atom is -0.352 e. The second-order valence-electron chi connectivity index (χ2n) is 7.36. The first-order chi connectivity index (χ1) is 13.4. The molecular weight excluding hydrogens is 372 g/mol. The zero-order valence-corrected chi connectivity index (χ0v) is 17.3. The Morgan fingerprint density at radius 1 is 1.07 bits per heavy atom. The van der Waals surface area contributed by atoms with Crippen molar-refractivity contribution in [1.29, 1.82) is 0 Å². The lowest BCUT2D eigenvalue weighted by atomic mass is 9.97. The number of nitrogens with one attached hydrogen (secondary N) is 1. The second kappa shape index (κ2) is 8.88. The Balaban J connectivity index is 1.51. The molecule has 1 aliphatic rings. The Morgan fingerprint density at radius 3 is 2.36 bits per heavy atom. The molecule has 1 saturated heterocycles. The van der Waals surface area contributed by atoms with Gasteiger partial charge in [0, 0.05) is 25.6 Å². The number of aryl methyl sites for hydroxylation is 1. The van der Waals surface area contributed by atoms with Crippen LogP contribution in [0.15, 0.2) is 48.5 Å². The van der Waals surface area contributed by atoms with Crippen LogP contribution in [0.25, 0.3) is 11.1 Å². The summed E-state index contributed by atoms with van der Waals surface area (Å²) in [5.41, 5.74) is 4.62. The Bertz CT molecular complexity index is 915. The van der Waals surface area contributed by atoms with Crippen molar-refractivity contribution < 1.29 is 13.2 Å². The number of rotatable bonds is 6. The molecule has 5 nitrogen and oxygen atoms in total. The van der Waals surface area contributed by atoms with Crippen LogP contribution in [0.4, 0.5) is 0 Å². The normalized spacial score (nSPS) is 16.1. The number of sulfonamides is 1. The summed E-state index contributed by atoms with van der Waals surface area (Å²) >= 11 is 0. The fourth-order valence-corrected chi connectivity index (χ4v) is 4.68. The van der Waals surface area contributed by atoms with Crippen molar-refractivity contribution in [2.75, 3.05) is 18.8 Å². The molecule has 1 amide bonds. The van der Waals surface area contributed by atoms with Gasteiger partial charge in [0.1, 0.15) is 0 Å². The summed E-state index contributed by atoms with van der Waals surface area (Å²) in [5, 5.41) is 3.00. The molecule has 1 fully saturated rings. The highest BCUT2D eigenvalue weighted by Crippen LogP contribution is 2.22. The van der Waals surface area contributed by atoms with Gasteiger partial charge in [-0.05, 0) is 43.4 Å². The number of hydrogen-bond acceptors (Lipinski definition) is 3. The van der Waals surface area contributed by atoms with Gasteiger partial charge in [-0.15, -0.1) is 0 Å². The number of benzene rings is 2. The Morgan fingerprint density at radius 2 is 1.75 bits per heavy atom. The van der Waals surface area contributed by atoms with Crippen LogP contribution in [0.1, 0.15) is 30.9 Å². The third-order valence-electron chi connectivity index (χ3n) is 5.35. The van der Waals surface area contributed by atoms with Gasteiger partial charge in [-0.1, -0.05) is 54.1 Å². The van der Waals surface area contributed by atoms with E-state index >= 15 is 0 Å². The van der Waals surface area contributed by atoms with Gasteiger partial charge in [0.2, 0.25) is 15.9 Å². The number of carbonyl (C=O) groups is 1. The van der Waals surface area contributed by atoms with E-state index in [-0.39, 0.29) is 17.6 Å². The quantitative estimate of drug-likeness (QED) is 0.809. The van der Waals surface area contributed by atoms with Gasteiger partial charge in [-0.2, -0.15) is 0 Å². The maximum absolute atomic E-state index is 12.4. The van der Waals surface area contributed by atoms with Crippen molar-refractivity contribution in [3.63, 3.8) is 0 Å². The van der Waals surface area contributed by atoms with E-state index in [1.807, 2.05) is 12.1 Å². The second-order valence-corrected chi connectivity index (χ2v) is 9.62. The van der Waals surface area contributed by atoms with Crippen LogP contribution < -0.4 is 5.32 Å². The largest absolute Gasteiger partial charge is 0.352 e. The summed E-state index contributed by atoms with van der Waals surface area (Å²) in [5.74, 6) is 0.00811. The van der Waals surface area contributed by atoms with E-state index in [2.05, 4.69) is 48.6 Å². The predicted molar refractivity (Wildman–Crippen MR) is 112 cm³/mol. The van der Waals surface area contributed by atoms with Crippen molar-refractivity contribution in [2.45, 2.75) is 33.2 Å². The lowest BCUT2D eigenvalue weighted by Gasteiger charge is -2.30. The topological polar surface area (TPSA) is 66.5 Å². The van der Waals surface area contributed by atoms with Gasteiger partial charge in [0.15, 0.2) is 0 Å². The summed E-state index contributed by atoms with van der Waals surface area (Å²) in [6.45, 7) is 5.08. The lowest BCUT2D eigenvalue weighted by Crippen LogP contribution is -2.43. The number of amides is 1. The zero-order chi connectivity index (χ0) is 20.1. The van der Waals surface area contributed by atoms with E-state index in [0.717, 1.165) is 11.1 Å². The van der Waals surface area contributed by atoms with Crippen molar-refractivity contribution in [1.82, 2.24) is 9.62 Å². The van der Waals surface area contributed by atoms with E-state index in [9.17, 15) is 13.2 Å². The molecule has 2 aromatic carbocycles. The first kappa shape index (κ1) is 20.6. The van der Waals surface area contributed by atoms with Crippen LogP contribution >= 0.6 is 0 Å². The first-order valence-corrected chi connectivity index (χ1v) is 11.4. The molecule has 0 aliphatic carbocycles. The summed E-state index contributed by atoms with van der Waals surface area (Å²) < 4.78 is 25.3.